The van der Waals surface area contributed by atoms with E-state index in [1.165, 1.54) is 5.56 Å². The topological polar surface area (TPSA) is 60.0 Å². The predicted molar refractivity (Wildman–Crippen MR) is 90.3 cm³/mol. The molecule has 0 spiro atoms. The van der Waals surface area contributed by atoms with Gasteiger partial charge in [0, 0.05) is 38.2 Å². The maximum absolute atomic E-state index is 12.7. The summed E-state index contributed by atoms with van der Waals surface area (Å²) in [5, 5.41) is 3.20. The number of nitrogens with zero attached hydrogens (tertiary/aromatic N) is 1. The Hall–Kier alpha value is -1.79. The molecule has 3 heterocycles. The van der Waals surface area contributed by atoms with Crippen molar-refractivity contribution in [3.63, 3.8) is 0 Å². The molecule has 1 saturated carbocycles. The lowest BCUT2D eigenvalue weighted by molar-refractivity contribution is -0.131. The van der Waals surface area contributed by atoms with Crippen molar-refractivity contribution >= 4 is 5.91 Å². The molecule has 1 aromatic rings. The van der Waals surface area contributed by atoms with E-state index in [-0.39, 0.29) is 17.9 Å². The Bertz CT molecular complexity index is 675. The van der Waals surface area contributed by atoms with Crippen LogP contribution in [-0.4, -0.2) is 49.4 Å². The molecule has 0 aromatic heterocycles. The van der Waals surface area contributed by atoms with E-state index in [0.29, 0.717) is 18.8 Å². The van der Waals surface area contributed by atoms with Crippen LogP contribution in [0.1, 0.15) is 24.8 Å². The van der Waals surface area contributed by atoms with Crippen LogP contribution in [0.3, 0.4) is 0 Å². The molecule has 25 heavy (non-hydrogen) atoms. The number of hydrogen-bond donors (Lipinski definition) is 1. The molecule has 5 rings (SSSR count). The van der Waals surface area contributed by atoms with Crippen molar-refractivity contribution in [2.24, 2.45) is 11.8 Å². The number of carbonyl (C=O) groups is 1. The number of fused-ring (bicyclic) bond motifs is 2. The second-order valence-electron chi connectivity index (χ2n) is 7.63. The van der Waals surface area contributed by atoms with E-state index in [2.05, 4.69) is 16.3 Å². The third-order valence-corrected chi connectivity index (χ3v) is 5.77. The van der Waals surface area contributed by atoms with E-state index in [0.717, 1.165) is 57.0 Å². The molecule has 3 atom stereocenters. The van der Waals surface area contributed by atoms with Crippen molar-refractivity contribution in [2.75, 3.05) is 26.5 Å². The predicted octanol–water partition coefficient (Wildman–Crippen LogP) is 1.53. The molecule has 2 saturated heterocycles. The number of carbonyl (C=O) groups excluding carboxylic acids is 1. The fourth-order valence-corrected chi connectivity index (χ4v) is 4.30. The molecule has 1 aromatic carbocycles. The van der Waals surface area contributed by atoms with E-state index >= 15 is 0 Å². The van der Waals surface area contributed by atoms with Gasteiger partial charge in [0.2, 0.25) is 12.7 Å². The van der Waals surface area contributed by atoms with Crippen LogP contribution >= 0.6 is 0 Å². The summed E-state index contributed by atoms with van der Waals surface area (Å²) in [6.07, 6.45) is 3.44. The lowest BCUT2D eigenvalue weighted by atomic mass is 9.82. The van der Waals surface area contributed by atoms with Crippen molar-refractivity contribution in [1.29, 1.82) is 0 Å². The van der Waals surface area contributed by atoms with Gasteiger partial charge in [-0.2, -0.15) is 0 Å². The fraction of sp³-hybridized carbons (Fsp3) is 0.632. The SMILES string of the molecule is O=C(NC1CC1)[C@@H]1CN(Cc2ccc3c(c2)OCO3)C[C@@H]2OCC[C@@H]21. The van der Waals surface area contributed by atoms with Gasteiger partial charge >= 0.3 is 0 Å². The Labute approximate surface area is 147 Å². The molecule has 0 unspecified atom stereocenters. The van der Waals surface area contributed by atoms with Crippen molar-refractivity contribution in [3.8, 4) is 11.5 Å². The highest BCUT2D eigenvalue weighted by Gasteiger charge is 2.44. The van der Waals surface area contributed by atoms with Crippen molar-refractivity contribution in [2.45, 2.75) is 38.0 Å². The van der Waals surface area contributed by atoms with Crippen LogP contribution in [0.5, 0.6) is 11.5 Å². The monoisotopic (exact) mass is 344 g/mol. The van der Waals surface area contributed by atoms with Crippen LogP contribution < -0.4 is 14.8 Å². The molecule has 1 aliphatic carbocycles. The molecule has 6 heteroatoms. The van der Waals surface area contributed by atoms with E-state index < -0.39 is 0 Å². The van der Waals surface area contributed by atoms with Gasteiger partial charge in [-0.25, -0.2) is 0 Å². The minimum absolute atomic E-state index is 0.0378. The zero-order valence-corrected chi connectivity index (χ0v) is 14.3. The highest BCUT2D eigenvalue weighted by molar-refractivity contribution is 5.80. The van der Waals surface area contributed by atoms with Gasteiger partial charge in [-0.15, -0.1) is 0 Å². The summed E-state index contributed by atoms with van der Waals surface area (Å²) in [4.78, 5) is 15.1. The van der Waals surface area contributed by atoms with Crippen LogP contribution in [0.2, 0.25) is 0 Å². The first-order chi connectivity index (χ1) is 12.3. The first-order valence-electron chi connectivity index (χ1n) is 9.29. The Balaban J connectivity index is 1.30. The number of likely N-dealkylation sites (tertiary alicyclic amines) is 1. The van der Waals surface area contributed by atoms with E-state index in [1.54, 1.807) is 0 Å². The molecule has 0 radical (unpaired) electrons. The quantitative estimate of drug-likeness (QED) is 0.898. The number of rotatable bonds is 4. The largest absolute Gasteiger partial charge is 0.454 e. The van der Waals surface area contributed by atoms with Crippen molar-refractivity contribution in [1.82, 2.24) is 10.2 Å². The molecule has 1 N–H and O–H groups in total. The molecule has 3 aliphatic heterocycles. The van der Waals surface area contributed by atoms with Crippen LogP contribution in [0.15, 0.2) is 18.2 Å². The van der Waals surface area contributed by atoms with E-state index in [9.17, 15) is 4.79 Å². The summed E-state index contributed by atoms with van der Waals surface area (Å²) in [6, 6.07) is 6.50. The summed E-state index contributed by atoms with van der Waals surface area (Å²) in [5.74, 6) is 2.25. The maximum atomic E-state index is 12.7. The molecule has 3 fully saturated rings. The molecule has 1 amide bonds. The average Bonchev–Trinajstić information content (AvgIpc) is 3.10. The summed E-state index contributed by atoms with van der Waals surface area (Å²) in [6.45, 7) is 3.57. The Morgan fingerprint density at radius 2 is 2.04 bits per heavy atom. The van der Waals surface area contributed by atoms with Gasteiger partial charge in [-0.3, -0.25) is 9.69 Å². The lowest BCUT2D eigenvalue weighted by Crippen LogP contribution is -2.52. The summed E-state index contributed by atoms with van der Waals surface area (Å²) in [7, 11) is 0. The minimum atomic E-state index is 0.0378. The van der Waals surface area contributed by atoms with E-state index in [4.69, 9.17) is 14.2 Å². The van der Waals surface area contributed by atoms with Gasteiger partial charge < -0.3 is 19.5 Å². The lowest BCUT2D eigenvalue weighted by Gasteiger charge is -2.39. The summed E-state index contributed by atoms with van der Waals surface area (Å²) < 4.78 is 16.8. The van der Waals surface area contributed by atoms with E-state index in [1.807, 2.05) is 12.1 Å². The average molecular weight is 344 g/mol. The zero-order valence-electron chi connectivity index (χ0n) is 14.3. The molecule has 0 bridgehead atoms. The van der Waals surface area contributed by atoms with Gasteiger partial charge in [-0.05, 0) is 37.0 Å². The standard InChI is InChI=1S/C19H24N2O4/c22-19(20-13-2-3-13)15-9-21(10-18-14(15)5-6-23-18)8-12-1-4-16-17(7-12)25-11-24-16/h1,4,7,13-15,18H,2-3,5-6,8-11H2,(H,20,22)/t14-,15-,18+/m1/s1. The second kappa shape index (κ2) is 6.18. The van der Waals surface area contributed by atoms with Crippen LogP contribution in [0.4, 0.5) is 0 Å². The van der Waals surface area contributed by atoms with Crippen LogP contribution in [0, 0.1) is 11.8 Å². The fourth-order valence-electron chi connectivity index (χ4n) is 4.30. The molecular formula is C19H24N2O4. The molecule has 4 aliphatic rings. The number of piperidine rings is 1. The zero-order chi connectivity index (χ0) is 16.8. The van der Waals surface area contributed by atoms with Gasteiger partial charge in [0.25, 0.3) is 0 Å². The smallest absolute Gasteiger partial charge is 0.231 e. The van der Waals surface area contributed by atoms with Crippen molar-refractivity contribution < 1.29 is 19.0 Å². The summed E-state index contributed by atoms with van der Waals surface area (Å²) in [5.41, 5.74) is 1.18. The van der Waals surface area contributed by atoms with Crippen molar-refractivity contribution in [3.05, 3.63) is 23.8 Å². The van der Waals surface area contributed by atoms with Gasteiger partial charge in [0.05, 0.1) is 12.0 Å². The molecular weight excluding hydrogens is 320 g/mol. The number of ether oxygens (including phenoxy) is 3. The number of benzene rings is 1. The maximum Gasteiger partial charge on any atom is 0.231 e. The number of hydrogen-bond acceptors (Lipinski definition) is 5. The second-order valence-corrected chi connectivity index (χ2v) is 7.63. The number of nitrogens with one attached hydrogen (secondary N) is 1. The Morgan fingerprint density at radius 3 is 2.92 bits per heavy atom. The van der Waals surface area contributed by atoms with Gasteiger partial charge in [0.15, 0.2) is 11.5 Å². The molecule has 6 nitrogen and oxygen atoms in total. The first kappa shape index (κ1) is 15.5. The third-order valence-electron chi connectivity index (χ3n) is 5.77. The van der Waals surface area contributed by atoms with Gasteiger partial charge in [-0.1, -0.05) is 6.07 Å². The highest BCUT2D eigenvalue weighted by atomic mass is 16.7. The summed E-state index contributed by atoms with van der Waals surface area (Å²) >= 11 is 0. The van der Waals surface area contributed by atoms with Crippen LogP contribution in [-0.2, 0) is 16.1 Å². The highest BCUT2D eigenvalue weighted by Crippen LogP contribution is 2.36. The normalized spacial score (nSPS) is 31.0. The third kappa shape index (κ3) is 3.09. The van der Waals surface area contributed by atoms with Gasteiger partial charge in [0.1, 0.15) is 0 Å². The number of amides is 1. The minimum Gasteiger partial charge on any atom is -0.454 e. The first-order valence-corrected chi connectivity index (χ1v) is 9.29. The Kier molecular flexibility index (Phi) is 3.82. The van der Waals surface area contributed by atoms with Crippen LogP contribution in [0.25, 0.3) is 0 Å². The Morgan fingerprint density at radius 1 is 1.16 bits per heavy atom. The molecule has 134 valence electrons.